The molecule has 0 fully saturated rings. The second kappa shape index (κ2) is 8.51. The van der Waals surface area contributed by atoms with E-state index in [2.05, 4.69) is 27.4 Å². The summed E-state index contributed by atoms with van der Waals surface area (Å²) in [5.74, 6) is 0.182. The van der Waals surface area contributed by atoms with Crippen LogP contribution in [-0.2, 0) is 0 Å². The summed E-state index contributed by atoms with van der Waals surface area (Å²) >= 11 is 0. The topological polar surface area (TPSA) is 59.4 Å². The first-order valence-corrected chi connectivity index (χ1v) is 8.79. The van der Waals surface area contributed by atoms with Gasteiger partial charge in [0.05, 0.1) is 25.0 Å². The molecule has 0 bridgehead atoms. The molecule has 1 N–H and O–H groups in total. The van der Waals surface area contributed by atoms with Crippen LogP contribution < -0.4 is 10.1 Å². The lowest BCUT2D eigenvalue weighted by Gasteiger charge is -2.25. The number of aromatic nitrogens is 2. The number of nitrogens with one attached hydrogen (secondary N) is 1. The summed E-state index contributed by atoms with van der Waals surface area (Å²) in [6.45, 7) is 0.469. The minimum Gasteiger partial charge on any atom is -0.493 e. The molecule has 27 heavy (non-hydrogen) atoms. The molecule has 1 aromatic heterocycles. The lowest BCUT2D eigenvalue weighted by Crippen LogP contribution is -2.34. The number of amides is 1. The third-order valence-electron chi connectivity index (χ3n) is 4.40. The maximum Gasteiger partial charge on any atom is 0.275 e. The standard InChI is InChI=1S/C21H24N4O2/c1-24(2)18(16-10-6-4-7-11-16)14-22-21(26)20-19(27-3)15-25(23-20)17-12-8-5-9-13-17/h4-13,15,18H,14H2,1-3H3,(H,22,26). The lowest BCUT2D eigenvalue weighted by molar-refractivity contribution is 0.0933. The molecule has 0 radical (unpaired) electrons. The Kier molecular flexibility index (Phi) is 5.88. The molecule has 6 nitrogen and oxygen atoms in total. The molecule has 3 rings (SSSR count). The monoisotopic (exact) mass is 364 g/mol. The smallest absolute Gasteiger partial charge is 0.275 e. The van der Waals surface area contributed by atoms with Gasteiger partial charge in [0, 0.05) is 6.54 Å². The van der Waals surface area contributed by atoms with Crippen molar-refractivity contribution < 1.29 is 9.53 Å². The van der Waals surface area contributed by atoms with Crippen molar-refractivity contribution in [2.45, 2.75) is 6.04 Å². The first-order chi connectivity index (χ1) is 13.1. The maximum absolute atomic E-state index is 12.7. The Labute approximate surface area is 159 Å². The van der Waals surface area contributed by atoms with Gasteiger partial charge in [0.15, 0.2) is 11.4 Å². The molecule has 0 spiro atoms. The molecule has 1 atom stereocenters. The first kappa shape index (κ1) is 18.7. The van der Waals surface area contributed by atoms with Crippen molar-refractivity contribution in [1.82, 2.24) is 20.0 Å². The molecular weight excluding hydrogens is 340 g/mol. The quantitative estimate of drug-likeness (QED) is 0.700. The van der Waals surface area contributed by atoms with Crippen LogP contribution in [0.3, 0.4) is 0 Å². The number of ether oxygens (including phenoxy) is 1. The average molecular weight is 364 g/mol. The van der Waals surface area contributed by atoms with Crippen LogP contribution in [0.1, 0.15) is 22.1 Å². The fourth-order valence-electron chi connectivity index (χ4n) is 2.92. The molecule has 6 heteroatoms. The van der Waals surface area contributed by atoms with Gasteiger partial charge < -0.3 is 15.0 Å². The van der Waals surface area contributed by atoms with Crippen LogP contribution in [0.5, 0.6) is 5.75 Å². The van der Waals surface area contributed by atoms with Gasteiger partial charge in [-0.05, 0) is 31.8 Å². The summed E-state index contributed by atoms with van der Waals surface area (Å²) in [4.78, 5) is 14.8. The molecule has 2 aromatic carbocycles. The number of carbonyl (C=O) groups is 1. The minimum absolute atomic E-state index is 0.0670. The molecule has 0 aliphatic carbocycles. The summed E-state index contributed by atoms with van der Waals surface area (Å²) in [6.07, 6.45) is 1.71. The third kappa shape index (κ3) is 4.35. The Morgan fingerprint density at radius 3 is 2.33 bits per heavy atom. The summed E-state index contributed by atoms with van der Waals surface area (Å²) in [5, 5.41) is 7.39. The first-order valence-electron chi connectivity index (χ1n) is 8.79. The summed E-state index contributed by atoms with van der Waals surface area (Å²) in [6, 6.07) is 19.8. The Morgan fingerprint density at radius 1 is 1.11 bits per heavy atom. The number of nitrogens with zero attached hydrogens (tertiary/aromatic N) is 3. The highest BCUT2D eigenvalue weighted by molar-refractivity contribution is 5.95. The van der Waals surface area contributed by atoms with Crippen molar-refractivity contribution in [3.63, 3.8) is 0 Å². The molecule has 1 amide bonds. The summed E-state index contributed by atoms with van der Waals surface area (Å²) in [5.41, 5.74) is 2.28. The molecule has 1 unspecified atom stereocenters. The molecule has 3 aromatic rings. The second-order valence-electron chi connectivity index (χ2n) is 6.43. The van der Waals surface area contributed by atoms with Crippen molar-refractivity contribution in [1.29, 1.82) is 0 Å². The zero-order chi connectivity index (χ0) is 19.2. The van der Waals surface area contributed by atoms with E-state index in [1.807, 2.05) is 62.6 Å². The van der Waals surface area contributed by atoms with Crippen molar-refractivity contribution >= 4 is 5.91 Å². The number of carbonyl (C=O) groups excluding carboxylic acids is 1. The van der Waals surface area contributed by atoms with Crippen LogP contribution in [0.25, 0.3) is 5.69 Å². The molecule has 0 saturated heterocycles. The van der Waals surface area contributed by atoms with Crippen molar-refractivity contribution in [2.75, 3.05) is 27.7 Å². The molecule has 1 heterocycles. The van der Waals surface area contributed by atoms with Gasteiger partial charge in [0.1, 0.15) is 0 Å². The molecule has 0 aliphatic heterocycles. The van der Waals surface area contributed by atoms with Crippen LogP contribution in [0.15, 0.2) is 66.9 Å². The predicted molar refractivity (Wildman–Crippen MR) is 105 cm³/mol. The van der Waals surface area contributed by atoms with Crippen LogP contribution >= 0.6 is 0 Å². The van der Waals surface area contributed by atoms with E-state index in [9.17, 15) is 4.79 Å². The number of benzene rings is 2. The van der Waals surface area contributed by atoms with Gasteiger partial charge in [-0.25, -0.2) is 4.68 Å². The second-order valence-corrected chi connectivity index (χ2v) is 6.43. The van der Waals surface area contributed by atoms with Crippen LogP contribution in [-0.4, -0.2) is 48.3 Å². The van der Waals surface area contributed by atoms with Gasteiger partial charge in [-0.3, -0.25) is 4.79 Å². The zero-order valence-corrected chi connectivity index (χ0v) is 15.8. The number of rotatable bonds is 7. The van der Waals surface area contributed by atoms with E-state index in [1.54, 1.807) is 10.9 Å². The van der Waals surface area contributed by atoms with Gasteiger partial charge >= 0.3 is 0 Å². The highest BCUT2D eigenvalue weighted by Gasteiger charge is 2.21. The Bertz CT molecular complexity index is 876. The highest BCUT2D eigenvalue weighted by Crippen LogP contribution is 2.21. The van der Waals surface area contributed by atoms with E-state index in [4.69, 9.17) is 4.74 Å². The van der Waals surface area contributed by atoms with Crippen molar-refractivity contribution in [3.05, 3.63) is 78.1 Å². The summed E-state index contributed by atoms with van der Waals surface area (Å²) < 4.78 is 7.00. The van der Waals surface area contributed by atoms with E-state index in [0.29, 0.717) is 12.3 Å². The van der Waals surface area contributed by atoms with Crippen molar-refractivity contribution in [2.24, 2.45) is 0 Å². The zero-order valence-electron chi connectivity index (χ0n) is 15.8. The SMILES string of the molecule is COc1cn(-c2ccccc2)nc1C(=O)NCC(c1ccccc1)N(C)C. The van der Waals surface area contributed by atoms with Gasteiger partial charge in [-0.1, -0.05) is 48.5 Å². The van der Waals surface area contributed by atoms with Gasteiger partial charge in [0.2, 0.25) is 0 Å². The van der Waals surface area contributed by atoms with E-state index >= 15 is 0 Å². The van der Waals surface area contributed by atoms with E-state index < -0.39 is 0 Å². The van der Waals surface area contributed by atoms with Crippen LogP contribution in [0, 0.1) is 0 Å². The number of methoxy groups -OCH3 is 1. The molecular formula is C21H24N4O2. The van der Waals surface area contributed by atoms with E-state index in [1.165, 1.54) is 7.11 Å². The average Bonchev–Trinajstić information content (AvgIpc) is 3.14. The van der Waals surface area contributed by atoms with Crippen LogP contribution in [0.2, 0.25) is 0 Å². The van der Waals surface area contributed by atoms with E-state index in [0.717, 1.165) is 11.3 Å². The number of para-hydroxylation sites is 1. The Balaban J connectivity index is 1.76. The van der Waals surface area contributed by atoms with Crippen LogP contribution in [0.4, 0.5) is 0 Å². The van der Waals surface area contributed by atoms with Crippen molar-refractivity contribution in [3.8, 4) is 11.4 Å². The minimum atomic E-state index is -0.260. The number of hydrogen-bond donors (Lipinski definition) is 1. The Morgan fingerprint density at radius 2 is 1.74 bits per heavy atom. The Hall–Kier alpha value is -3.12. The predicted octanol–water partition coefficient (Wildman–Crippen LogP) is 2.91. The molecule has 0 saturated carbocycles. The lowest BCUT2D eigenvalue weighted by atomic mass is 10.1. The van der Waals surface area contributed by atoms with Gasteiger partial charge in [0.25, 0.3) is 5.91 Å². The highest BCUT2D eigenvalue weighted by atomic mass is 16.5. The molecule has 140 valence electrons. The largest absolute Gasteiger partial charge is 0.493 e. The number of hydrogen-bond acceptors (Lipinski definition) is 4. The normalized spacial score (nSPS) is 12.0. The number of likely N-dealkylation sites (N-methyl/N-ethyl adjacent to an activating group) is 1. The fraction of sp³-hybridized carbons (Fsp3) is 0.238. The maximum atomic E-state index is 12.7. The molecule has 0 aliphatic rings. The fourth-order valence-corrected chi connectivity index (χ4v) is 2.92. The van der Waals surface area contributed by atoms with Gasteiger partial charge in [-0.2, -0.15) is 5.10 Å². The summed E-state index contributed by atoms with van der Waals surface area (Å²) in [7, 11) is 5.53. The third-order valence-corrected chi connectivity index (χ3v) is 4.40. The van der Waals surface area contributed by atoms with E-state index in [-0.39, 0.29) is 17.6 Å². The van der Waals surface area contributed by atoms with Gasteiger partial charge in [-0.15, -0.1) is 0 Å².